The standard InChI is InChI=1S/C25H29F6N5O2/c1-23(2,3)19(22(38)35-12-24(27,28)13-35)33-21(37)18-17-11-34(4)8-5-9-36(17)20(32-18)15-10-14(25(29,30)31)6-7-16(15)26/h6-7,10,19H,5,8-9,11-13H2,1-4H3,(H,33,37)/t19-/m1/s1. The summed E-state index contributed by atoms with van der Waals surface area (Å²) in [4.78, 5) is 33.7. The van der Waals surface area contributed by atoms with Crippen molar-refractivity contribution in [1.82, 2.24) is 24.7 Å². The van der Waals surface area contributed by atoms with Crippen LogP contribution in [0, 0.1) is 11.2 Å². The first-order valence-electron chi connectivity index (χ1n) is 12.1. The Labute approximate surface area is 215 Å². The Hall–Kier alpha value is -3.09. The van der Waals surface area contributed by atoms with Crippen LogP contribution >= 0.6 is 0 Å². The summed E-state index contributed by atoms with van der Waals surface area (Å²) < 4.78 is 83.3. The number of imidazole rings is 1. The van der Waals surface area contributed by atoms with E-state index in [4.69, 9.17) is 0 Å². The molecule has 0 radical (unpaired) electrons. The minimum Gasteiger partial charge on any atom is -0.338 e. The maximum atomic E-state index is 14.8. The van der Waals surface area contributed by atoms with Crippen molar-refractivity contribution in [2.24, 2.45) is 5.41 Å². The number of carbonyl (C=O) groups excluding carboxylic acids is 2. The van der Waals surface area contributed by atoms with Gasteiger partial charge in [-0.3, -0.25) is 9.59 Å². The zero-order valence-electron chi connectivity index (χ0n) is 21.4. The molecular formula is C25H29F6N5O2. The molecule has 1 saturated heterocycles. The van der Waals surface area contributed by atoms with Gasteiger partial charge in [-0.05, 0) is 43.6 Å². The molecule has 1 aromatic carbocycles. The van der Waals surface area contributed by atoms with Crippen molar-refractivity contribution in [2.45, 2.75) is 58.4 Å². The minimum atomic E-state index is -4.72. The molecule has 0 bridgehead atoms. The molecule has 1 fully saturated rings. The van der Waals surface area contributed by atoms with E-state index in [2.05, 4.69) is 10.3 Å². The van der Waals surface area contributed by atoms with Crippen molar-refractivity contribution < 1.29 is 35.9 Å². The summed E-state index contributed by atoms with van der Waals surface area (Å²) in [6, 6.07) is 0.818. The topological polar surface area (TPSA) is 70.5 Å². The monoisotopic (exact) mass is 545 g/mol. The van der Waals surface area contributed by atoms with Gasteiger partial charge in [-0.25, -0.2) is 18.2 Å². The van der Waals surface area contributed by atoms with Gasteiger partial charge in [0.1, 0.15) is 17.7 Å². The summed E-state index contributed by atoms with van der Waals surface area (Å²) in [5.41, 5.74) is -2.14. The van der Waals surface area contributed by atoms with Gasteiger partial charge in [0.15, 0.2) is 5.69 Å². The molecule has 38 heavy (non-hydrogen) atoms. The quantitative estimate of drug-likeness (QED) is 0.586. The number of benzene rings is 1. The minimum absolute atomic E-state index is 0.134. The molecule has 7 nitrogen and oxygen atoms in total. The molecule has 13 heteroatoms. The molecule has 1 atom stereocenters. The highest BCUT2D eigenvalue weighted by molar-refractivity contribution is 5.98. The first-order chi connectivity index (χ1) is 17.5. The number of rotatable bonds is 4. The molecular weight excluding hydrogens is 516 g/mol. The Bertz CT molecular complexity index is 1240. The third-order valence-corrected chi connectivity index (χ3v) is 6.71. The fraction of sp³-hybridized carbons (Fsp3) is 0.560. The van der Waals surface area contributed by atoms with E-state index in [0.29, 0.717) is 36.9 Å². The Morgan fingerprint density at radius 2 is 1.76 bits per heavy atom. The average molecular weight is 546 g/mol. The Morgan fingerprint density at radius 3 is 2.34 bits per heavy atom. The first kappa shape index (κ1) is 27.9. The molecule has 2 amide bonds. The zero-order valence-corrected chi connectivity index (χ0v) is 21.4. The lowest BCUT2D eigenvalue weighted by atomic mass is 9.85. The fourth-order valence-electron chi connectivity index (χ4n) is 4.68. The van der Waals surface area contributed by atoms with Crippen molar-refractivity contribution in [3.8, 4) is 11.4 Å². The van der Waals surface area contributed by atoms with Crippen LogP contribution in [0.1, 0.15) is 48.9 Å². The predicted molar refractivity (Wildman–Crippen MR) is 126 cm³/mol. The van der Waals surface area contributed by atoms with Crippen molar-refractivity contribution in [3.05, 3.63) is 41.0 Å². The van der Waals surface area contributed by atoms with Crippen LogP contribution < -0.4 is 5.32 Å². The lowest BCUT2D eigenvalue weighted by Crippen LogP contribution is -2.64. The molecule has 2 aliphatic rings. The van der Waals surface area contributed by atoms with Crippen LogP contribution in [0.3, 0.4) is 0 Å². The van der Waals surface area contributed by atoms with Crippen LogP contribution in [-0.4, -0.2) is 69.8 Å². The second-order valence-electron chi connectivity index (χ2n) is 11.0. The van der Waals surface area contributed by atoms with Crippen molar-refractivity contribution in [1.29, 1.82) is 0 Å². The van der Waals surface area contributed by atoms with Crippen molar-refractivity contribution in [2.75, 3.05) is 26.7 Å². The maximum absolute atomic E-state index is 14.8. The molecule has 1 aromatic heterocycles. The zero-order chi connectivity index (χ0) is 28.2. The van der Waals surface area contributed by atoms with Crippen molar-refractivity contribution >= 4 is 11.8 Å². The second kappa shape index (κ2) is 9.58. The van der Waals surface area contributed by atoms with Crippen LogP contribution in [0.5, 0.6) is 0 Å². The second-order valence-corrected chi connectivity index (χ2v) is 11.0. The van der Waals surface area contributed by atoms with E-state index in [1.54, 1.807) is 27.8 Å². The lowest BCUT2D eigenvalue weighted by molar-refractivity contribution is -0.169. The highest BCUT2D eigenvalue weighted by atomic mass is 19.4. The average Bonchev–Trinajstić information content (AvgIpc) is 2.99. The normalized spacial score (nSPS) is 18.8. The van der Waals surface area contributed by atoms with Gasteiger partial charge in [0.25, 0.3) is 11.8 Å². The van der Waals surface area contributed by atoms with E-state index in [0.717, 1.165) is 4.90 Å². The van der Waals surface area contributed by atoms with Gasteiger partial charge in [-0.15, -0.1) is 0 Å². The number of nitrogens with one attached hydrogen (secondary N) is 1. The Morgan fingerprint density at radius 1 is 1.11 bits per heavy atom. The molecule has 2 aliphatic heterocycles. The molecule has 0 unspecified atom stereocenters. The number of hydrogen-bond acceptors (Lipinski definition) is 4. The number of fused-ring (bicyclic) bond motifs is 1. The third kappa shape index (κ3) is 5.52. The van der Waals surface area contributed by atoms with Gasteiger partial charge in [-0.1, -0.05) is 20.8 Å². The summed E-state index contributed by atoms with van der Waals surface area (Å²) >= 11 is 0. The van der Waals surface area contributed by atoms with E-state index < -0.39 is 65.4 Å². The van der Waals surface area contributed by atoms with Gasteiger partial charge >= 0.3 is 6.18 Å². The highest BCUT2D eigenvalue weighted by Gasteiger charge is 2.49. The molecule has 2 aromatic rings. The Kier molecular flexibility index (Phi) is 7.04. The van der Waals surface area contributed by atoms with E-state index >= 15 is 0 Å². The van der Waals surface area contributed by atoms with Crippen molar-refractivity contribution in [3.63, 3.8) is 0 Å². The van der Waals surface area contributed by atoms with Crippen LogP contribution in [0.15, 0.2) is 18.2 Å². The lowest BCUT2D eigenvalue weighted by Gasteiger charge is -2.43. The van der Waals surface area contributed by atoms with Crippen LogP contribution in [0.4, 0.5) is 26.3 Å². The largest absolute Gasteiger partial charge is 0.416 e. The van der Waals surface area contributed by atoms with Gasteiger partial charge in [0.2, 0.25) is 5.91 Å². The van der Waals surface area contributed by atoms with Crippen LogP contribution in [0.25, 0.3) is 11.4 Å². The van der Waals surface area contributed by atoms with Gasteiger partial charge in [0.05, 0.1) is 29.9 Å². The van der Waals surface area contributed by atoms with Crippen LogP contribution in [0.2, 0.25) is 0 Å². The summed E-state index contributed by atoms with van der Waals surface area (Å²) in [6.45, 7) is 4.57. The fourth-order valence-corrected chi connectivity index (χ4v) is 4.68. The summed E-state index contributed by atoms with van der Waals surface area (Å²) in [5, 5.41) is 2.61. The number of carbonyl (C=O) groups is 2. The molecule has 0 aliphatic carbocycles. The number of halogens is 6. The molecule has 0 spiro atoms. The Balaban J connectivity index is 1.75. The molecule has 0 saturated carbocycles. The molecule has 4 rings (SSSR count). The molecule has 1 N–H and O–H groups in total. The SMILES string of the molecule is CN1CCCn2c(-c3cc(C(F)(F)F)ccc3F)nc(C(=O)N[C@H](C(=O)N3CC(F)(F)C3)C(C)(C)C)c2C1. The molecule has 3 heterocycles. The van der Waals surface area contributed by atoms with E-state index in [9.17, 15) is 35.9 Å². The highest BCUT2D eigenvalue weighted by Crippen LogP contribution is 2.35. The number of alkyl halides is 5. The molecule has 208 valence electrons. The number of amides is 2. The van der Waals surface area contributed by atoms with E-state index in [-0.39, 0.29) is 24.6 Å². The number of hydrogen-bond donors (Lipinski definition) is 1. The predicted octanol–water partition coefficient (Wildman–Crippen LogP) is 4.17. The summed E-state index contributed by atoms with van der Waals surface area (Å²) in [6.07, 6.45) is -4.15. The summed E-state index contributed by atoms with van der Waals surface area (Å²) in [7, 11) is 1.79. The maximum Gasteiger partial charge on any atom is 0.416 e. The van der Waals surface area contributed by atoms with Gasteiger partial charge in [-0.2, -0.15) is 13.2 Å². The van der Waals surface area contributed by atoms with Crippen LogP contribution in [-0.2, 0) is 24.1 Å². The van der Waals surface area contributed by atoms with E-state index in [1.165, 1.54) is 4.57 Å². The number of nitrogens with zero attached hydrogens (tertiary/aromatic N) is 4. The smallest absolute Gasteiger partial charge is 0.338 e. The van der Waals surface area contributed by atoms with Gasteiger partial charge in [0, 0.05) is 13.1 Å². The van der Waals surface area contributed by atoms with E-state index in [1.807, 2.05) is 4.90 Å². The summed E-state index contributed by atoms with van der Waals surface area (Å²) in [5.74, 6) is -5.54. The number of likely N-dealkylation sites (tertiary alicyclic amines) is 1. The first-order valence-corrected chi connectivity index (χ1v) is 12.1. The number of aromatic nitrogens is 2. The van der Waals surface area contributed by atoms with Gasteiger partial charge < -0.3 is 19.7 Å². The third-order valence-electron chi connectivity index (χ3n) is 6.71.